The Morgan fingerprint density at radius 3 is 2.59 bits per heavy atom. The minimum atomic E-state index is -0.521. The molecule has 27 heavy (non-hydrogen) atoms. The number of halogens is 2. The molecule has 0 atom stereocenters. The lowest BCUT2D eigenvalue weighted by atomic mass is 10.2. The van der Waals surface area contributed by atoms with E-state index in [1.165, 1.54) is 29.0 Å². The van der Waals surface area contributed by atoms with E-state index >= 15 is 0 Å². The third-order valence-electron chi connectivity index (χ3n) is 4.15. The van der Waals surface area contributed by atoms with Gasteiger partial charge in [-0.25, -0.2) is 18.3 Å². The van der Waals surface area contributed by atoms with Crippen LogP contribution in [0.1, 0.15) is 5.56 Å². The first-order valence-electron chi connectivity index (χ1n) is 8.19. The van der Waals surface area contributed by atoms with E-state index in [1.807, 2.05) is 19.1 Å². The molecule has 2 aromatic carbocycles. The highest BCUT2D eigenvalue weighted by molar-refractivity contribution is 5.80. The molecule has 0 aliphatic heterocycles. The zero-order valence-corrected chi connectivity index (χ0v) is 14.3. The third-order valence-corrected chi connectivity index (χ3v) is 4.15. The van der Waals surface area contributed by atoms with Crippen LogP contribution in [0, 0.1) is 18.6 Å². The summed E-state index contributed by atoms with van der Waals surface area (Å²) in [5, 5.41) is 3.10. The van der Waals surface area contributed by atoms with Crippen molar-refractivity contribution in [3.8, 4) is 5.69 Å². The highest BCUT2D eigenvalue weighted by Crippen LogP contribution is 2.22. The van der Waals surface area contributed by atoms with Gasteiger partial charge >= 0.3 is 0 Å². The highest BCUT2D eigenvalue weighted by Gasteiger charge is 2.15. The van der Waals surface area contributed by atoms with E-state index < -0.39 is 17.2 Å². The first-order chi connectivity index (χ1) is 13.0. The molecule has 0 radical (unpaired) electrons. The van der Waals surface area contributed by atoms with E-state index in [0.29, 0.717) is 16.9 Å². The van der Waals surface area contributed by atoms with Crippen molar-refractivity contribution in [2.24, 2.45) is 0 Å². The Morgan fingerprint density at radius 1 is 1.00 bits per heavy atom. The Morgan fingerprint density at radius 2 is 1.81 bits per heavy atom. The second-order valence-corrected chi connectivity index (χ2v) is 6.04. The summed E-state index contributed by atoms with van der Waals surface area (Å²) < 4.78 is 28.5. The van der Waals surface area contributed by atoms with E-state index in [0.717, 1.165) is 17.8 Å². The number of hydrogen-bond acceptors (Lipinski definition) is 4. The molecular formula is C20H14F2N4O. The topological polar surface area (TPSA) is 59.8 Å². The van der Waals surface area contributed by atoms with Crippen molar-refractivity contribution in [3.63, 3.8) is 0 Å². The molecule has 2 heterocycles. The van der Waals surface area contributed by atoms with Gasteiger partial charge in [-0.15, -0.1) is 0 Å². The fraction of sp³-hybridized carbons (Fsp3) is 0.0500. The summed E-state index contributed by atoms with van der Waals surface area (Å²) >= 11 is 0. The van der Waals surface area contributed by atoms with Gasteiger partial charge in [0.2, 0.25) is 5.95 Å². The standard InChI is InChI=1S/C20H14F2N4O/c1-12-4-2-3-5-18(12)26-19(27)16-9-13(21)6-7-17(16)25-20(26)24-15-8-14(22)10-23-11-15/h2-11H,1H3,(H,24,25). The smallest absolute Gasteiger partial charge is 0.267 e. The number of para-hydroxylation sites is 1. The maximum Gasteiger partial charge on any atom is 0.267 e. The molecule has 0 amide bonds. The van der Waals surface area contributed by atoms with Gasteiger partial charge in [-0.05, 0) is 36.8 Å². The van der Waals surface area contributed by atoms with Crippen LogP contribution >= 0.6 is 0 Å². The molecule has 0 bridgehead atoms. The lowest BCUT2D eigenvalue weighted by Crippen LogP contribution is -2.23. The maximum atomic E-state index is 13.7. The van der Waals surface area contributed by atoms with E-state index in [9.17, 15) is 13.6 Å². The van der Waals surface area contributed by atoms with E-state index in [2.05, 4.69) is 15.3 Å². The summed E-state index contributed by atoms with van der Waals surface area (Å²) in [6, 6.07) is 12.3. The predicted octanol–water partition coefficient (Wildman–Crippen LogP) is 4.11. The number of benzene rings is 2. The molecule has 0 saturated heterocycles. The van der Waals surface area contributed by atoms with Crippen molar-refractivity contribution in [2.75, 3.05) is 5.32 Å². The van der Waals surface area contributed by atoms with Crippen LogP contribution in [0.2, 0.25) is 0 Å². The number of pyridine rings is 1. The lowest BCUT2D eigenvalue weighted by Gasteiger charge is -2.16. The van der Waals surface area contributed by atoms with Crippen LogP contribution in [0.4, 0.5) is 20.4 Å². The zero-order chi connectivity index (χ0) is 19.0. The monoisotopic (exact) mass is 364 g/mol. The average molecular weight is 364 g/mol. The molecule has 4 aromatic rings. The van der Waals surface area contributed by atoms with Gasteiger partial charge in [0.05, 0.1) is 34.7 Å². The Labute approximate surface area is 153 Å². The second-order valence-electron chi connectivity index (χ2n) is 6.04. The fourth-order valence-corrected chi connectivity index (χ4v) is 2.89. The Hall–Kier alpha value is -3.61. The molecular weight excluding hydrogens is 350 g/mol. The SMILES string of the molecule is Cc1ccccc1-n1c(Nc2cncc(F)c2)nc2ccc(F)cc2c1=O. The Balaban J connectivity index is 2.01. The average Bonchev–Trinajstić information content (AvgIpc) is 2.64. The van der Waals surface area contributed by atoms with Crippen molar-refractivity contribution >= 4 is 22.5 Å². The molecule has 0 saturated carbocycles. The molecule has 7 heteroatoms. The number of aryl methyl sites for hydroxylation is 1. The molecule has 1 N–H and O–H groups in total. The molecule has 2 aromatic heterocycles. The summed E-state index contributed by atoms with van der Waals surface area (Å²) in [5.41, 5.74) is 1.66. The molecule has 0 spiro atoms. The predicted molar refractivity (Wildman–Crippen MR) is 99.5 cm³/mol. The minimum Gasteiger partial charge on any atom is -0.324 e. The number of rotatable bonds is 3. The fourth-order valence-electron chi connectivity index (χ4n) is 2.89. The van der Waals surface area contributed by atoms with Crippen LogP contribution in [0.25, 0.3) is 16.6 Å². The summed E-state index contributed by atoms with van der Waals surface area (Å²) in [6.07, 6.45) is 2.50. The van der Waals surface area contributed by atoms with Gasteiger partial charge in [0, 0.05) is 6.07 Å². The van der Waals surface area contributed by atoms with Crippen LogP contribution in [0.5, 0.6) is 0 Å². The number of fused-ring (bicyclic) bond motifs is 1. The van der Waals surface area contributed by atoms with E-state index in [1.54, 1.807) is 12.1 Å². The van der Waals surface area contributed by atoms with E-state index in [4.69, 9.17) is 0 Å². The molecule has 4 rings (SSSR count). The van der Waals surface area contributed by atoms with Gasteiger partial charge < -0.3 is 5.32 Å². The Kier molecular flexibility index (Phi) is 4.12. The van der Waals surface area contributed by atoms with Crippen molar-refractivity contribution in [2.45, 2.75) is 6.92 Å². The summed E-state index contributed by atoms with van der Waals surface area (Å²) in [4.78, 5) is 21.4. The molecule has 0 aliphatic carbocycles. The summed E-state index contributed by atoms with van der Waals surface area (Å²) in [5.74, 6) is -0.860. The van der Waals surface area contributed by atoms with Crippen molar-refractivity contribution in [1.82, 2.24) is 14.5 Å². The largest absolute Gasteiger partial charge is 0.324 e. The van der Waals surface area contributed by atoms with Crippen molar-refractivity contribution in [1.29, 1.82) is 0 Å². The van der Waals surface area contributed by atoms with E-state index in [-0.39, 0.29) is 11.3 Å². The molecule has 0 unspecified atom stereocenters. The zero-order valence-electron chi connectivity index (χ0n) is 14.3. The van der Waals surface area contributed by atoms with Gasteiger partial charge in [0.15, 0.2) is 0 Å². The number of hydrogen-bond donors (Lipinski definition) is 1. The second kappa shape index (κ2) is 6.60. The number of anilines is 2. The highest BCUT2D eigenvalue weighted by atomic mass is 19.1. The van der Waals surface area contributed by atoms with Crippen molar-refractivity contribution in [3.05, 3.63) is 88.5 Å². The number of nitrogens with one attached hydrogen (secondary N) is 1. The third kappa shape index (κ3) is 3.15. The van der Waals surface area contributed by atoms with Crippen LogP contribution in [-0.4, -0.2) is 14.5 Å². The molecule has 5 nitrogen and oxygen atoms in total. The van der Waals surface area contributed by atoms with Gasteiger partial charge in [0.25, 0.3) is 5.56 Å². The summed E-state index contributed by atoms with van der Waals surface area (Å²) in [6.45, 7) is 1.85. The lowest BCUT2D eigenvalue weighted by molar-refractivity contribution is 0.622. The summed E-state index contributed by atoms with van der Waals surface area (Å²) in [7, 11) is 0. The van der Waals surface area contributed by atoms with Crippen LogP contribution in [-0.2, 0) is 0 Å². The Bertz CT molecular complexity index is 1220. The van der Waals surface area contributed by atoms with Crippen LogP contribution in [0.15, 0.2) is 65.7 Å². The van der Waals surface area contributed by atoms with Gasteiger partial charge in [0.1, 0.15) is 11.6 Å². The van der Waals surface area contributed by atoms with Crippen molar-refractivity contribution < 1.29 is 8.78 Å². The molecule has 0 fully saturated rings. The maximum absolute atomic E-state index is 13.7. The van der Waals surface area contributed by atoms with Gasteiger partial charge in [-0.2, -0.15) is 0 Å². The molecule has 134 valence electrons. The van der Waals surface area contributed by atoms with Gasteiger partial charge in [-0.1, -0.05) is 18.2 Å². The van der Waals surface area contributed by atoms with Crippen LogP contribution < -0.4 is 10.9 Å². The van der Waals surface area contributed by atoms with Gasteiger partial charge in [-0.3, -0.25) is 9.78 Å². The first-order valence-corrected chi connectivity index (χ1v) is 8.19. The number of aromatic nitrogens is 3. The first kappa shape index (κ1) is 16.8. The number of nitrogens with zero attached hydrogens (tertiary/aromatic N) is 3. The normalized spacial score (nSPS) is 10.9. The quantitative estimate of drug-likeness (QED) is 0.594. The van der Waals surface area contributed by atoms with Crippen LogP contribution in [0.3, 0.4) is 0 Å². The molecule has 0 aliphatic rings. The minimum absolute atomic E-state index is 0.154.